The van der Waals surface area contributed by atoms with Gasteiger partial charge >= 0.3 is 5.97 Å². The topological polar surface area (TPSA) is 79.0 Å². The maximum Gasteiger partial charge on any atom is 0.306 e. The van der Waals surface area contributed by atoms with Gasteiger partial charge in [-0.3, -0.25) is 14.4 Å². The lowest BCUT2D eigenvalue weighted by atomic mass is 10.1. The third-order valence-electron chi connectivity index (χ3n) is 6.53. The fourth-order valence-electron chi connectivity index (χ4n) is 4.43. The van der Waals surface area contributed by atoms with Crippen molar-refractivity contribution >= 4 is 29.7 Å². The predicted molar refractivity (Wildman–Crippen MR) is 146 cm³/mol. The largest absolute Gasteiger partial charge is 0.461 e. The molecule has 1 N–H and O–H groups in total. The van der Waals surface area contributed by atoms with Crippen molar-refractivity contribution in [1.82, 2.24) is 5.32 Å². The highest BCUT2D eigenvalue weighted by Gasteiger charge is 2.27. The second kappa shape index (κ2) is 14.7. The number of carbonyl (C=O) groups is 3. The van der Waals surface area contributed by atoms with Crippen LogP contribution in [0.25, 0.3) is 0 Å². The minimum atomic E-state index is -0.288. The van der Waals surface area contributed by atoms with Crippen LogP contribution in [0.3, 0.4) is 0 Å². The van der Waals surface area contributed by atoms with Crippen LogP contribution >= 0.6 is 0 Å². The van der Waals surface area contributed by atoms with Gasteiger partial charge in [-0.15, -0.1) is 0 Å². The molecule has 0 bridgehead atoms. The number of hydrogen-bond acceptors (Lipinski definition) is 5. The molecule has 7 nitrogen and oxygen atoms in total. The van der Waals surface area contributed by atoms with E-state index in [2.05, 4.69) is 17.2 Å². The molecular weight excluding hydrogens is 466 g/mol. The summed E-state index contributed by atoms with van der Waals surface area (Å²) in [5.41, 5.74) is 3.24. The predicted octanol–water partition coefficient (Wildman–Crippen LogP) is 4.43. The Kier molecular flexibility index (Phi) is 11.0. The van der Waals surface area contributed by atoms with Crippen LogP contribution < -0.4 is 15.1 Å². The van der Waals surface area contributed by atoms with Crippen molar-refractivity contribution in [3.05, 3.63) is 59.7 Å². The lowest BCUT2D eigenvalue weighted by Crippen LogP contribution is -2.44. The lowest BCUT2D eigenvalue weighted by Gasteiger charge is -2.31. The van der Waals surface area contributed by atoms with E-state index in [1.165, 1.54) is 4.90 Å². The van der Waals surface area contributed by atoms with E-state index in [1.54, 1.807) is 7.05 Å². The van der Waals surface area contributed by atoms with Gasteiger partial charge in [0, 0.05) is 33.5 Å². The molecule has 1 fully saturated rings. The second-order valence-electron chi connectivity index (χ2n) is 9.31. The van der Waals surface area contributed by atoms with Crippen LogP contribution in [-0.2, 0) is 25.7 Å². The number of anilines is 2. The molecule has 1 unspecified atom stereocenters. The van der Waals surface area contributed by atoms with E-state index >= 15 is 0 Å². The van der Waals surface area contributed by atoms with Crippen molar-refractivity contribution in [3.63, 3.8) is 0 Å². The van der Waals surface area contributed by atoms with Crippen molar-refractivity contribution in [2.24, 2.45) is 0 Å². The van der Waals surface area contributed by atoms with Gasteiger partial charge in [0.1, 0.15) is 12.6 Å². The average Bonchev–Trinajstić information content (AvgIpc) is 3.15. The summed E-state index contributed by atoms with van der Waals surface area (Å²) in [5.74, 6) is 6.27. The van der Waals surface area contributed by atoms with Gasteiger partial charge in [-0.2, -0.15) is 0 Å². The monoisotopic (exact) mass is 503 g/mol. The molecule has 1 atom stereocenters. The smallest absolute Gasteiger partial charge is 0.306 e. The average molecular weight is 504 g/mol. The first kappa shape index (κ1) is 27.8. The summed E-state index contributed by atoms with van der Waals surface area (Å²) in [4.78, 5) is 39.7. The maximum absolute atomic E-state index is 12.6. The molecule has 37 heavy (non-hydrogen) atoms. The minimum absolute atomic E-state index is 0.0140. The van der Waals surface area contributed by atoms with E-state index in [1.807, 2.05) is 60.5 Å². The van der Waals surface area contributed by atoms with Crippen molar-refractivity contribution < 1.29 is 19.1 Å². The molecule has 0 radical (unpaired) electrons. The number of benzene rings is 2. The Balaban J connectivity index is 1.54. The van der Waals surface area contributed by atoms with Gasteiger partial charge in [0.2, 0.25) is 12.3 Å². The number of likely N-dealkylation sites (N-methyl/N-ethyl adjacent to an activating group) is 1. The minimum Gasteiger partial charge on any atom is -0.461 e. The fourth-order valence-corrected chi connectivity index (χ4v) is 4.43. The molecule has 0 aromatic heterocycles. The molecule has 1 heterocycles. The summed E-state index contributed by atoms with van der Waals surface area (Å²) in [5, 5.41) is 2.98. The zero-order valence-electron chi connectivity index (χ0n) is 21.9. The van der Waals surface area contributed by atoms with E-state index in [4.69, 9.17) is 4.74 Å². The standard InChI is InChI=1S/C30H37N3O4/c1-32(23-34)29-25(17-13-19-26(29)33(2)27-18-11-12-21-31-30(27)36)16-9-4-3-5-10-20-28(35)37-22-24-14-7-6-8-15-24/h6-8,13-15,17,19,23,27H,3-5,10-12,18,20-22H2,1-2H3,(H,31,36). The number of unbranched alkanes of at least 4 members (excludes halogenated alkanes) is 3. The van der Waals surface area contributed by atoms with Crippen LogP contribution in [0.4, 0.5) is 11.4 Å². The first-order chi connectivity index (χ1) is 18.0. The molecule has 1 saturated heterocycles. The van der Waals surface area contributed by atoms with E-state index in [9.17, 15) is 14.4 Å². The SMILES string of the molecule is CN(C=O)c1c(C#CCCCCCC(=O)OCc2ccccc2)cccc1N(C)C1CCCCNC1=O. The van der Waals surface area contributed by atoms with E-state index in [0.717, 1.165) is 61.7 Å². The molecule has 2 amide bonds. The highest BCUT2D eigenvalue weighted by molar-refractivity contribution is 5.91. The summed E-state index contributed by atoms with van der Waals surface area (Å²) in [6.45, 7) is 1.01. The molecule has 2 aromatic carbocycles. The maximum atomic E-state index is 12.6. The Bertz CT molecular complexity index is 1110. The summed E-state index contributed by atoms with van der Waals surface area (Å²) >= 11 is 0. The van der Waals surface area contributed by atoms with Crippen LogP contribution in [0.15, 0.2) is 48.5 Å². The Labute approximate surface area is 220 Å². The zero-order chi connectivity index (χ0) is 26.5. The first-order valence-corrected chi connectivity index (χ1v) is 13.0. The number of hydrogen-bond donors (Lipinski definition) is 1. The number of esters is 1. The van der Waals surface area contributed by atoms with Crippen molar-refractivity contribution in [2.45, 2.75) is 64.0 Å². The molecule has 3 rings (SSSR count). The van der Waals surface area contributed by atoms with Crippen LogP contribution in [0.2, 0.25) is 0 Å². The molecule has 7 heteroatoms. The number of para-hydroxylation sites is 1. The molecule has 1 aliphatic heterocycles. The van der Waals surface area contributed by atoms with Gasteiger partial charge in [-0.25, -0.2) is 0 Å². The lowest BCUT2D eigenvalue weighted by molar-refractivity contribution is -0.145. The second-order valence-corrected chi connectivity index (χ2v) is 9.31. The molecule has 196 valence electrons. The van der Waals surface area contributed by atoms with Crippen molar-refractivity contribution in [3.8, 4) is 11.8 Å². The van der Waals surface area contributed by atoms with E-state index in [-0.39, 0.29) is 17.9 Å². The van der Waals surface area contributed by atoms with E-state index < -0.39 is 0 Å². The normalized spacial score (nSPS) is 15.0. The van der Waals surface area contributed by atoms with Crippen LogP contribution in [0.1, 0.15) is 62.5 Å². The van der Waals surface area contributed by atoms with Crippen molar-refractivity contribution in [2.75, 3.05) is 30.4 Å². The Morgan fingerprint density at radius 2 is 1.89 bits per heavy atom. The molecule has 1 aliphatic rings. The summed E-state index contributed by atoms with van der Waals surface area (Å²) in [7, 11) is 3.60. The number of amides is 2. The van der Waals surface area contributed by atoms with Crippen LogP contribution in [0.5, 0.6) is 0 Å². The molecule has 2 aromatic rings. The number of nitrogens with one attached hydrogen (secondary N) is 1. The third-order valence-corrected chi connectivity index (χ3v) is 6.53. The van der Waals surface area contributed by atoms with Crippen LogP contribution in [0, 0.1) is 11.8 Å². The van der Waals surface area contributed by atoms with Crippen LogP contribution in [-0.4, -0.2) is 45.0 Å². The van der Waals surface area contributed by atoms with Gasteiger partial charge in [0.25, 0.3) is 0 Å². The molecule has 0 spiro atoms. The highest BCUT2D eigenvalue weighted by Crippen LogP contribution is 2.33. The van der Waals surface area contributed by atoms with Crippen molar-refractivity contribution in [1.29, 1.82) is 0 Å². The molecule has 0 saturated carbocycles. The number of carbonyl (C=O) groups excluding carboxylic acids is 3. The van der Waals surface area contributed by atoms with Gasteiger partial charge in [0.05, 0.1) is 16.9 Å². The van der Waals surface area contributed by atoms with Gasteiger partial charge in [-0.1, -0.05) is 54.7 Å². The van der Waals surface area contributed by atoms with Gasteiger partial charge in [0.15, 0.2) is 0 Å². The van der Waals surface area contributed by atoms with Gasteiger partial charge < -0.3 is 19.9 Å². The summed E-state index contributed by atoms with van der Waals surface area (Å²) in [6, 6.07) is 15.1. The van der Waals surface area contributed by atoms with E-state index in [0.29, 0.717) is 31.7 Å². The Morgan fingerprint density at radius 1 is 1.08 bits per heavy atom. The van der Waals surface area contributed by atoms with Gasteiger partial charge in [-0.05, 0) is 49.8 Å². The summed E-state index contributed by atoms with van der Waals surface area (Å²) in [6.07, 6.45) is 7.08. The number of nitrogens with zero attached hydrogens (tertiary/aromatic N) is 2. The Hall–Kier alpha value is -3.79. The Morgan fingerprint density at radius 3 is 2.68 bits per heavy atom. The third kappa shape index (κ3) is 8.38. The fraction of sp³-hybridized carbons (Fsp3) is 0.433. The highest BCUT2D eigenvalue weighted by atomic mass is 16.5. The first-order valence-electron chi connectivity index (χ1n) is 13.0. The molecule has 0 aliphatic carbocycles. The number of ether oxygens (including phenoxy) is 1. The summed E-state index contributed by atoms with van der Waals surface area (Å²) < 4.78 is 5.32. The molecular formula is C30H37N3O4. The number of rotatable bonds is 11. The zero-order valence-corrected chi connectivity index (χ0v) is 21.9. The quantitative estimate of drug-likeness (QED) is 0.212.